The van der Waals surface area contributed by atoms with Crippen LogP contribution in [0.2, 0.25) is 0 Å². The van der Waals surface area contributed by atoms with Gasteiger partial charge in [0.25, 0.3) is 0 Å². The number of rotatable bonds is 5. The second-order valence-corrected chi connectivity index (χ2v) is 15.3. The Hall–Kier alpha value is -7.37. The first-order valence-electron chi connectivity index (χ1n) is 19.4. The molecule has 0 bridgehead atoms. The molecule has 5 heteroatoms. The van der Waals surface area contributed by atoms with E-state index in [1.165, 1.54) is 0 Å². The van der Waals surface area contributed by atoms with E-state index in [1.54, 1.807) is 0 Å². The van der Waals surface area contributed by atoms with Crippen molar-refractivity contribution in [2.75, 3.05) is 9.80 Å². The summed E-state index contributed by atoms with van der Waals surface area (Å²) in [7, 11) is 0. The number of benzene rings is 8. The molecule has 0 radical (unpaired) electrons. The van der Waals surface area contributed by atoms with Crippen molar-refractivity contribution in [1.29, 1.82) is 0 Å². The summed E-state index contributed by atoms with van der Waals surface area (Å²) >= 11 is 0. The van der Waals surface area contributed by atoms with Gasteiger partial charge in [-0.05, 0) is 83.9 Å². The van der Waals surface area contributed by atoms with Gasteiger partial charge in [0.1, 0.15) is 0 Å². The summed E-state index contributed by atoms with van der Waals surface area (Å²) in [4.78, 5) is 18.9. The van der Waals surface area contributed by atoms with Gasteiger partial charge in [0.05, 0.1) is 28.1 Å². The van der Waals surface area contributed by atoms with Crippen LogP contribution in [0, 0.1) is 0 Å². The number of fused-ring (bicyclic) bond motifs is 7. The van der Waals surface area contributed by atoms with Crippen molar-refractivity contribution in [3.05, 3.63) is 210 Å². The maximum Gasteiger partial charge on any atom is 0.193 e. The number of carbonyl (C=O) groups excluding carboxylic acids is 1. The monoisotopic (exact) mass is 735 g/mol. The van der Waals surface area contributed by atoms with Gasteiger partial charge in [0, 0.05) is 56.1 Å². The lowest BCUT2D eigenvalue weighted by Gasteiger charge is -2.38. The molecule has 0 saturated heterocycles. The predicted molar refractivity (Wildman–Crippen MR) is 232 cm³/mol. The van der Waals surface area contributed by atoms with E-state index in [-0.39, 0.29) is 11.2 Å². The fourth-order valence-electron chi connectivity index (χ4n) is 9.09. The minimum absolute atomic E-state index is 0.0462. The molecular weight excluding hydrogens is 699 g/mol. The number of hydrogen-bond donors (Lipinski definition) is 0. The maximum atomic E-state index is 14.4. The third-order valence-corrected chi connectivity index (χ3v) is 11.7. The van der Waals surface area contributed by atoms with E-state index in [9.17, 15) is 4.79 Å². The lowest BCUT2D eigenvalue weighted by molar-refractivity contribution is 0.103. The lowest BCUT2D eigenvalue weighted by Crippen LogP contribution is -2.30. The number of nitrogens with zero attached hydrogens (tertiary/aromatic N) is 3. The van der Waals surface area contributed by atoms with E-state index in [0.717, 1.165) is 89.6 Å². The summed E-state index contributed by atoms with van der Waals surface area (Å²) in [6, 6.07) is 65.1. The predicted octanol–water partition coefficient (Wildman–Crippen LogP) is 13.7. The first-order valence-corrected chi connectivity index (χ1v) is 19.4. The van der Waals surface area contributed by atoms with Crippen LogP contribution >= 0.6 is 0 Å². The van der Waals surface area contributed by atoms with Crippen LogP contribution in [-0.4, -0.2) is 10.4 Å². The van der Waals surface area contributed by atoms with Crippen molar-refractivity contribution in [3.8, 4) is 17.2 Å². The Morgan fingerprint density at radius 1 is 0.509 bits per heavy atom. The van der Waals surface area contributed by atoms with Gasteiger partial charge in [0.2, 0.25) is 0 Å². The summed E-state index contributed by atoms with van der Waals surface area (Å²) in [5.41, 5.74) is 12.0. The number of carbonyl (C=O) groups is 1. The summed E-state index contributed by atoms with van der Waals surface area (Å²) in [5, 5.41) is 2.26. The largest absolute Gasteiger partial charge is 0.451 e. The standard InChI is InChI=1S/C52H37N3O2/c1-52(2)42-25-14-12-24-39(42)50(56)41-31-37(29-30-43(41)52)55-46-28-16-27-45(53(34-17-6-3-7-18-34)35-19-8-4-9-20-35)51(46)57-49-33-47-40(32-48(49)55)38-23-13-15-26-44(38)54(47)36-21-10-5-11-22-36/h3-33H,1-2H3. The summed E-state index contributed by atoms with van der Waals surface area (Å²) in [6.07, 6.45) is 0. The third-order valence-electron chi connectivity index (χ3n) is 11.7. The molecule has 1 aliphatic carbocycles. The Morgan fingerprint density at radius 3 is 1.91 bits per heavy atom. The number of ether oxygens (including phenoxy) is 1. The van der Waals surface area contributed by atoms with Crippen LogP contribution in [0.4, 0.5) is 34.1 Å². The van der Waals surface area contributed by atoms with E-state index in [1.807, 2.05) is 36.4 Å². The van der Waals surface area contributed by atoms with E-state index in [0.29, 0.717) is 5.75 Å². The van der Waals surface area contributed by atoms with Crippen LogP contribution in [0.15, 0.2) is 188 Å². The molecule has 0 unspecified atom stereocenters. The van der Waals surface area contributed by atoms with Gasteiger partial charge in [-0.1, -0.05) is 123 Å². The summed E-state index contributed by atoms with van der Waals surface area (Å²) in [5.74, 6) is 1.48. The Bertz CT molecular complexity index is 3000. The first-order chi connectivity index (χ1) is 28.0. The second-order valence-electron chi connectivity index (χ2n) is 15.3. The highest BCUT2D eigenvalue weighted by Gasteiger charge is 2.38. The average Bonchev–Trinajstić information content (AvgIpc) is 3.58. The molecule has 0 spiro atoms. The zero-order valence-electron chi connectivity index (χ0n) is 31.6. The molecule has 57 heavy (non-hydrogen) atoms. The number of hydrogen-bond acceptors (Lipinski definition) is 4. The van der Waals surface area contributed by atoms with Crippen molar-refractivity contribution in [3.63, 3.8) is 0 Å². The van der Waals surface area contributed by atoms with Crippen molar-refractivity contribution in [2.45, 2.75) is 19.3 Å². The van der Waals surface area contributed by atoms with Gasteiger partial charge < -0.3 is 19.1 Å². The summed E-state index contributed by atoms with van der Waals surface area (Å²) in [6.45, 7) is 4.42. The summed E-state index contributed by atoms with van der Waals surface area (Å²) < 4.78 is 9.55. The van der Waals surface area contributed by atoms with Crippen molar-refractivity contribution in [2.24, 2.45) is 0 Å². The molecule has 11 rings (SSSR count). The van der Waals surface area contributed by atoms with Crippen molar-refractivity contribution >= 4 is 61.7 Å². The maximum absolute atomic E-state index is 14.4. The van der Waals surface area contributed by atoms with Crippen LogP contribution in [0.25, 0.3) is 27.5 Å². The highest BCUT2D eigenvalue weighted by molar-refractivity contribution is 6.15. The van der Waals surface area contributed by atoms with Crippen LogP contribution in [0.3, 0.4) is 0 Å². The minimum atomic E-state index is -0.344. The molecule has 2 aliphatic rings. The Balaban J connectivity index is 1.19. The molecule has 1 aliphatic heterocycles. The number of aromatic nitrogens is 1. The highest BCUT2D eigenvalue weighted by atomic mass is 16.5. The number of para-hydroxylation sites is 5. The topological polar surface area (TPSA) is 37.7 Å². The molecule has 0 N–H and O–H groups in total. The Morgan fingerprint density at radius 2 is 1.16 bits per heavy atom. The molecule has 2 heterocycles. The molecular formula is C52H37N3O2. The van der Waals surface area contributed by atoms with Gasteiger partial charge in [-0.3, -0.25) is 4.79 Å². The molecule has 0 amide bonds. The molecule has 0 atom stereocenters. The van der Waals surface area contributed by atoms with Crippen molar-refractivity contribution < 1.29 is 9.53 Å². The van der Waals surface area contributed by atoms with Gasteiger partial charge in [-0.25, -0.2) is 0 Å². The van der Waals surface area contributed by atoms with Gasteiger partial charge in [-0.2, -0.15) is 0 Å². The first kappa shape index (κ1) is 33.0. The van der Waals surface area contributed by atoms with Crippen LogP contribution < -0.4 is 14.5 Å². The Labute approximate surface area is 331 Å². The zero-order chi connectivity index (χ0) is 38.3. The molecule has 5 nitrogen and oxygen atoms in total. The highest BCUT2D eigenvalue weighted by Crippen LogP contribution is 2.57. The van der Waals surface area contributed by atoms with E-state index in [4.69, 9.17) is 4.74 Å². The fourth-order valence-corrected chi connectivity index (χ4v) is 9.09. The second kappa shape index (κ2) is 12.6. The van der Waals surface area contributed by atoms with Crippen LogP contribution in [-0.2, 0) is 5.41 Å². The zero-order valence-corrected chi connectivity index (χ0v) is 31.6. The number of ketones is 1. The smallest absolute Gasteiger partial charge is 0.193 e. The Kier molecular flexibility index (Phi) is 7.29. The number of anilines is 6. The molecule has 0 fully saturated rings. The van der Waals surface area contributed by atoms with Gasteiger partial charge in [0.15, 0.2) is 17.3 Å². The van der Waals surface area contributed by atoms with Crippen LogP contribution in [0.1, 0.15) is 40.9 Å². The van der Waals surface area contributed by atoms with Crippen molar-refractivity contribution in [1.82, 2.24) is 4.57 Å². The van der Waals surface area contributed by atoms with Crippen LogP contribution in [0.5, 0.6) is 11.5 Å². The SMILES string of the molecule is CC1(C)c2ccccc2C(=O)c2cc(N3c4cc5c6ccccc6n(-c6ccccc6)c5cc4Oc4c(N(c5ccccc5)c5ccccc5)cccc43)ccc21. The lowest BCUT2D eigenvalue weighted by atomic mass is 9.68. The van der Waals surface area contributed by atoms with Gasteiger partial charge in [-0.15, -0.1) is 0 Å². The molecule has 272 valence electrons. The molecule has 0 saturated carbocycles. The average molecular weight is 736 g/mol. The molecule has 1 aromatic heterocycles. The molecule has 8 aromatic carbocycles. The normalized spacial score (nSPS) is 13.7. The third kappa shape index (κ3) is 4.99. The van der Waals surface area contributed by atoms with E-state index >= 15 is 0 Å². The van der Waals surface area contributed by atoms with E-state index < -0.39 is 0 Å². The minimum Gasteiger partial charge on any atom is -0.451 e. The fraction of sp³-hybridized carbons (Fsp3) is 0.0577. The quantitative estimate of drug-likeness (QED) is 0.176. The molecule has 9 aromatic rings. The van der Waals surface area contributed by atoms with Gasteiger partial charge >= 0.3 is 0 Å². The van der Waals surface area contributed by atoms with E-state index in [2.05, 4.69) is 180 Å².